The Morgan fingerprint density at radius 3 is 2.52 bits per heavy atom. The molecule has 1 aromatic rings. The van der Waals surface area contributed by atoms with Crippen molar-refractivity contribution in [2.75, 3.05) is 41.0 Å². The van der Waals surface area contributed by atoms with E-state index in [1.54, 1.807) is 7.11 Å². The summed E-state index contributed by atoms with van der Waals surface area (Å²) in [6.07, 6.45) is 1.11. The molecule has 0 saturated carbocycles. The number of fused-ring (bicyclic) bond motifs is 1. The van der Waals surface area contributed by atoms with Gasteiger partial charge in [0.25, 0.3) is 0 Å². The fourth-order valence-corrected chi connectivity index (χ4v) is 2.28. The van der Waals surface area contributed by atoms with Crippen LogP contribution in [0.15, 0.2) is 12.1 Å². The quantitative estimate of drug-likeness (QED) is 0.832. The van der Waals surface area contributed by atoms with Crippen LogP contribution in [0.2, 0.25) is 0 Å². The van der Waals surface area contributed by atoms with Crippen LogP contribution in [0.4, 0.5) is 0 Å². The predicted octanol–water partition coefficient (Wildman–Crippen LogP) is 1.90. The van der Waals surface area contributed by atoms with Crippen LogP contribution < -0.4 is 19.5 Å². The van der Waals surface area contributed by atoms with E-state index in [1.807, 2.05) is 12.1 Å². The van der Waals surface area contributed by atoms with Gasteiger partial charge < -0.3 is 24.4 Å². The van der Waals surface area contributed by atoms with Crippen molar-refractivity contribution in [3.63, 3.8) is 0 Å². The topological polar surface area (TPSA) is 43.0 Å². The second-order valence-corrected chi connectivity index (χ2v) is 5.68. The van der Waals surface area contributed by atoms with E-state index in [0.29, 0.717) is 19.3 Å². The zero-order chi connectivity index (χ0) is 15.2. The lowest BCUT2D eigenvalue weighted by Crippen LogP contribution is -2.29. The van der Waals surface area contributed by atoms with Gasteiger partial charge in [0.05, 0.1) is 7.11 Å². The molecular formula is C16H26N2O3. The van der Waals surface area contributed by atoms with Gasteiger partial charge in [0.2, 0.25) is 0 Å². The molecule has 2 rings (SSSR count). The van der Waals surface area contributed by atoms with Crippen molar-refractivity contribution >= 4 is 0 Å². The van der Waals surface area contributed by atoms with Crippen molar-refractivity contribution in [2.45, 2.75) is 25.9 Å². The van der Waals surface area contributed by atoms with Crippen LogP contribution in [0.5, 0.6) is 17.2 Å². The second kappa shape index (κ2) is 7.52. The van der Waals surface area contributed by atoms with E-state index in [9.17, 15) is 0 Å². The highest BCUT2D eigenvalue weighted by Gasteiger charge is 2.16. The predicted molar refractivity (Wildman–Crippen MR) is 83.5 cm³/mol. The van der Waals surface area contributed by atoms with Gasteiger partial charge in [0.15, 0.2) is 11.5 Å². The van der Waals surface area contributed by atoms with Gasteiger partial charge in [-0.2, -0.15) is 0 Å². The summed E-state index contributed by atoms with van der Waals surface area (Å²) >= 11 is 0. The molecule has 1 aliphatic heterocycles. The summed E-state index contributed by atoms with van der Waals surface area (Å²) < 4.78 is 16.7. The SMILES string of the molecule is COc1cc2c(cc1CN[C@H](C)CCN(C)C)OCCO2. The van der Waals surface area contributed by atoms with E-state index in [1.165, 1.54) is 0 Å². The first-order chi connectivity index (χ1) is 10.1. The van der Waals surface area contributed by atoms with Crippen LogP contribution in [-0.4, -0.2) is 51.9 Å². The fraction of sp³-hybridized carbons (Fsp3) is 0.625. The Labute approximate surface area is 127 Å². The molecule has 1 heterocycles. The number of hydrogen-bond acceptors (Lipinski definition) is 5. The summed E-state index contributed by atoms with van der Waals surface area (Å²) in [5, 5.41) is 3.53. The molecular weight excluding hydrogens is 268 g/mol. The number of ether oxygens (including phenoxy) is 3. The average molecular weight is 294 g/mol. The number of methoxy groups -OCH3 is 1. The fourth-order valence-electron chi connectivity index (χ4n) is 2.28. The summed E-state index contributed by atoms with van der Waals surface area (Å²) in [6, 6.07) is 4.37. The molecule has 0 saturated heterocycles. The van der Waals surface area contributed by atoms with E-state index in [0.717, 1.165) is 42.3 Å². The van der Waals surface area contributed by atoms with Crippen molar-refractivity contribution < 1.29 is 14.2 Å². The molecule has 0 amide bonds. The molecule has 118 valence electrons. The molecule has 0 fully saturated rings. The molecule has 0 aromatic heterocycles. The van der Waals surface area contributed by atoms with Crippen LogP contribution in [0.25, 0.3) is 0 Å². The van der Waals surface area contributed by atoms with Crippen LogP contribution in [0.3, 0.4) is 0 Å². The highest BCUT2D eigenvalue weighted by Crippen LogP contribution is 2.36. The zero-order valence-electron chi connectivity index (χ0n) is 13.4. The smallest absolute Gasteiger partial charge is 0.165 e. The number of benzene rings is 1. The Morgan fingerprint density at radius 2 is 1.90 bits per heavy atom. The van der Waals surface area contributed by atoms with E-state index in [4.69, 9.17) is 14.2 Å². The number of nitrogens with one attached hydrogen (secondary N) is 1. The summed E-state index contributed by atoms with van der Waals surface area (Å²) in [6.45, 7) is 5.23. The van der Waals surface area contributed by atoms with Crippen LogP contribution in [0, 0.1) is 0 Å². The summed E-state index contributed by atoms with van der Waals surface area (Å²) in [7, 11) is 5.87. The highest BCUT2D eigenvalue weighted by atomic mass is 16.6. The van der Waals surface area contributed by atoms with Gasteiger partial charge in [-0.15, -0.1) is 0 Å². The molecule has 1 atom stereocenters. The van der Waals surface area contributed by atoms with Gasteiger partial charge in [-0.25, -0.2) is 0 Å². The van der Waals surface area contributed by atoms with Crippen LogP contribution in [-0.2, 0) is 6.54 Å². The summed E-state index contributed by atoms with van der Waals surface area (Å²) in [5.41, 5.74) is 1.10. The van der Waals surface area contributed by atoms with Crippen molar-refractivity contribution in [3.8, 4) is 17.2 Å². The first-order valence-corrected chi connectivity index (χ1v) is 7.44. The van der Waals surface area contributed by atoms with Gasteiger partial charge >= 0.3 is 0 Å². The van der Waals surface area contributed by atoms with Gasteiger partial charge in [-0.05, 0) is 40.1 Å². The Bertz CT molecular complexity index is 463. The molecule has 0 bridgehead atoms. The maximum Gasteiger partial charge on any atom is 0.165 e. The summed E-state index contributed by atoms with van der Waals surface area (Å²) in [5.74, 6) is 2.41. The monoisotopic (exact) mass is 294 g/mol. The average Bonchev–Trinajstić information content (AvgIpc) is 2.49. The molecule has 0 aliphatic carbocycles. The lowest BCUT2D eigenvalue weighted by Gasteiger charge is -2.22. The minimum atomic E-state index is 0.449. The van der Waals surface area contributed by atoms with E-state index in [-0.39, 0.29) is 0 Å². The van der Waals surface area contributed by atoms with Gasteiger partial charge in [0.1, 0.15) is 19.0 Å². The van der Waals surface area contributed by atoms with Crippen LogP contribution >= 0.6 is 0 Å². The molecule has 21 heavy (non-hydrogen) atoms. The first-order valence-electron chi connectivity index (χ1n) is 7.44. The third-order valence-electron chi connectivity index (χ3n) is 3.60. The van der Waals surface area contributed by atoms with Crippen molar-refractivity contribution in [1.82, 2.24) is 10.2 Å². The normalized spacial score (nSPS) is 15.1. The van der Waals surface area contributed by atoms with Crippen molar-refractivity contribution in [2.24, 2.45) is 0 Å². The molecule has 0 radical (unpaired) electrons. The largest absolute Gasteiger partial charge is 0.496 e. The van der Waals surface area contributed by atoms with Crippen molar-refractivity contribution in [3.05, 3.63) is 17.7 Å². The first kappa shape index (κ1) is 15.9. The van der Waals surface area contributed by atoms with Gasteiger partial charge in [0, 0.05) is 24.2 Å². The molecule has 1 N–H and O–H groups in total. The molecule has 0 unspecified atom stereocenters. The second-order valence-electron chi connectivity index (χ2n) is 5.68. The number of hydrogen-bond donors (Lipinski definition) is 1. The maximum absolute atomic E-state index is 5.63. The lowest BCUT2D eigenvalue weighted by atomic mass is 10.1. The lowest BCUT2D eigenvalue weighted by molar-refractivity contribution is 0.170. The van der Waals surface area contributed by atoms with E-state index < -0.39 is 0 Å². The standard InChI is InChI=1S/C16H26N2O3/c1-12(5-6-18(2)3)17-11-13-9-15-16(10-14(13)19-4)21-8-7-20-15/h9-10,12,17H,5-8,11H2,1-4H3/t12-/m1/s1. The van der Waals surface area contributed by atoms with Crippen molar-refractivity contribution in [1.29, 1.82) is 0 Å². The molecule has 0 spiro atoms. The Morgan fingerprint density at radius 1 is 1.24 bits per heavy atom. The Hall–Kier alpha value is -1.46. The van der Waals surface area contributed by atoms with Gasteiger partial charge in [-0.3, -0.25) is 0 Å². The zero-order valence-corrected chi connectivity index (χ0v) is 13.4. The number of nitrogens with zero attached hydrogens (tertiary/aromatic N) is 1. The maximum atomic E-state index is 5.63. The van der Waals surface area contributed by atoms with Gasteiger partial charge in [-0.1, -0.05) is 0 Å². The minimum Gasteiger partial charge on any atom is -0.496 e. The molecule has 5 nitrogen and oxygen atoms in total. The number of rotatable bonds is 7. The Kier molecular flexibility index (Phi) is 5.70. The van der Waals surface area contributed by atoms with Crippen LogP contribution in [0.1, 0.15) is 18.9 Å². The summed E-state index contributed by atoms with van der Waals surface area (Å²) in [4.78, 5) is 2.20. The molecule has 5 heteroatoms. The highest BCUT2D eigenvalue weighted by molar-refractivity contribution is 5.51. The molecule has 1 aromatic carbocycles. The van der Waals surface area contributed by atoms with E-state index in [2.05, 4.69) is 31.2 Å². The molecule has 1 aliphatic rings. The third-order valence-corrected chi connectivity index (χ3v) is 3.60. The Balaban J connectivity index is 1.98. The minimum absolute atomic E-state index is 0.449. The third kappa shape index (κ3) is 4.51. The van der Waals surface area contributed by atoms with E-state index >= 15 is 0 Å².